The first-order valence-corrected chi connectivity index (χ1v) is 11.4. The number of anilines is 1. The number of nitrogens with zero attached hydrogens (tertiary/aromatic N) is 2. The third-order valence-electron chi connectivity index (χ3n) is 6.04. The molecule has 2 aromatic carbocycles. The Morgan fingerprint density at radius 1 is 1.03 bits per heavy atom. The van der Waals surface area contributed by atoms with Crippen LogP contribution in [0.1, 0.15) is 51.7 Å². The number of carbonyl (C=O) groups excluding carboxylic acids is 2. The molecule has 2 aromatic rings. The molecule has 0 unspecified atom stereocenters. The Hall–Kier alpha value is -2.66. The number of ether oxygens (including phenoxy) is 1. The third-order valence-corrected chi connectivity index (χ3v) is 6.04. The van der Waals surface area contributed by atoms with Crippen molar-refractivity contribution in [1.29, 1.82) is 0 Å². The fourth-order valence-electron chi connectivity index (χ4n) is 4.40. The van der Waals surface area contributed by atoms with E-state index in [4.69, 9.17) is 4.74 Å². The standard InChI is InChI=1S/C26H34N2O3/c1-4-25(29)28(22-14-10-7-11-15-22)23-16-17-27(18-20(23)3)19-24(31-26(30)5-2)21-12-8-6-9-13-21/h6-15,20,23-24H,4-5,16-19H2,1-3H3/t20-,23-,24+/m0/s1. The molecule has 0 bridgehead atoms. The van der Waals surface area contributed by atoms with Gasteiger partial charge in [-0.05, 0) is 30.0 Å². The molecule has 1 fully saturated rings. The Kier molecular flexibility index (Phi) is 8.24. The lowest BCUT2D eigenvalue weighted by molar-refractivity contribution is -0.150. The van der Waals surface area contributed by atoms with Crippen LogP contribution >= 0.6 is 0 Å². The van der Waals surface area contributed by atoms with E-state index in [0.29, 0.717) is 25.3 Å². The Morgan fingerprint density at radius 3 is 2.26 bits per heavy atom. The van der Waals surface area contributed by atoms with Crippen LogP contribution in [0.25, 0.3) is 0 Å². The van der Waals surface area contributed by atoms with E-state index in [0.717, 1.165) is 30.8 Å². The largest absolute Gasteiger partial charge is 0.456 e. The summed E-state index contributed by atoms with van der Waals surface area (Å²) in [6.45, 7) is 8.34. The molecular weight excluding hydrogens is 388 g/mol. The SMILES string of the molecule is CCC(=O)O[C@H](CN1CC[C@H](N(C(=O)CC)c2ccccc2)[C@@H](C)C1)c1ccccc1. The molecule has 0 aliphatic carbocycles. The number of piperidine rings is 1. The van der Waals surface area contributed by atoms with Crippen LogP contribution in [0.15, 0.2) is 60.7 Å². The molecule has 5 nitrogen and oxygen atoms in total. The number of hydrogen-bond acceptors (Lipinski definition) is 4. The van der Waals surface area contributed by atoms with E-state index in [1.165, 1.54) is 0 Å². The summed E-state index contributed by atoms with van der Waals surface area (Å²) in [5.41, 5.74) is 1.99. The zero-order chi connectivity index (χ0) is 22.2. The van der Waals surface area contributed by atoms with Gasteiger partial charge in [-0.2, -0.15) is 0 Å². The van der Waals surface area contributed by atoms with Crippen molar-refractivity contribution < 1.29 is 14.3 Å². The van der Waals surface area contributed by atoms with Gasteiger partial charge in [0.25, 0.3) is 0 Å². The van der Waals surface area contributed by atoms with Crippen molar-refractivity contribution in [3.63, 3.8) is 0 Å². The van der Waals surface area contributed by atoms with Crippen LogP contribution in [0.2, 0.25) is 0 Å². The van der Waals surface area contributed by atoms with Gasteiger partial charge in [0.1, 0.15) is 6.10 Å². The van der Waals surface area contributed by atoms with E-state index in [9.17, 15) is 9.59 Å². The van der Waals surface area contributed by atoms with E-state index >= 15 is 0 Å². The number of likely N-dealkylation sites (tertiary alicyclic amines) is 1. The number of rotatable bonds is 8. The minimum absolute atomic E-state index is 0.163. The Morgan fingerprint density at radius 2 is 1.68 bits per heavy atom. The molecule has 1 amide bonds. The van der Waals surface area contributed by atoms with Crippen molar-refractivity contribution in [2.75, 3.05) is 24.5 Å². The van der Waals surface area contributed by atoms with E-state index in [2.05, 4.69) is 11.8 Å². The third kappa shape index (κ3) is 5.95. The van der Waals surface area contributed by atoms with Crippen molar-refractivity contribution in [1.82, 2.24) is 4.90 Å². The van der Waals surface area contributed by atoms with Gasteiger partial charge in [-0.3, -0.25) is 14.5 Å². The first-order valence-electron chi connectivity index (χ1n) is 11.4. The molecule has 0 saturated carbocycles. The van der Waals surface area contributed by atoms with Crippen LogP contribution in [0, 0.1) is 5.92 Å². The monoisotopic (exact) mass is 422 g/mol. The second kappa shape index (κ2) is 11.1. The highest BCUT2D eigenvalue weighted by molar-refractivity contribution is 5.93. The normalized spacial score (nSPS) is 20.1. The molecule has 31 heavy (non-hydrogen) atoms. The minimum Gasteiger partial charge on any atom is -0.456 e. The number of benzene rings is 2. The van der Waals surface area contributed by atoms with Gasteiger partial charge >= 0.3 is 5.97 Å². The summed E-state index contributed by atoms with van der Waals surface area (Å²) >= 11 is 0. The molecule has 1 heterocycles. The molecule has 0 aromatic heterocycles. The highest BCUT2D eigenvalue weighted by atomic mass is 16.5. The first-order chi connectivity index (χ1) is 15.0. The molecule has 0 spiro atoms. The molecule has 5 heteroatoms. The van der Waals surface area contributed by atoms with Crippen LogP contribution in [-0.2, 0) is 14.3 Å². The van der Waals surface area contributed by atoms with Gasteiger partial charge in [-0.25, -0.2) is 0 Å². The summed E-state index contributed by atoms with van der Waals surface area (Å²) in [5, 5.41) is 0. The van der Waals surface area contributed by atoms with Gasteiger partial charge in [0, 0.05) is 44.2 Å². The summed E-state index contributed by atoms with van der Waals surface area (Å²) in [5.74, 6) is 0.291. The van der Waals surface area contributed by atoms with E-state index < -0.39 is 0 Å². The van der Waals surface area contributed by atoms with Gasteiger partial charge in [0.05, 0.1) is 0 Å². The van der Waals surface area contributed by atoms with Crippen LogP contribution in [0.4, 0.5) is 5.69 Å². The van der Waals surface area contributed by atoms with E-state index in [1.54, 1.807) is 0 Å². The maximum Gasteiger partial charge on any atom is 0.306 e. The molecular formula is C26H34N2O3. The van der Waals surface area contributed by atoms with Crippen molar-refractivity contribution >= 4 is 17.6 Å². The highest BCUT2D eigenvalue weighted by Crippen LogP contribution is 2.29. The predicted molar refractivity (Wildman–Crippen MR) is 124 cm³/mol. The van der Waals surface area contributed by atoms with Crippen molar-refractivity contribution in [2.24, 2.45) is 5.92 Å². The topological polar surface area (TPSA) is 49.9 Å². The van der Waals surface area contributed by atoms with Gasteiger partial charge < -0.3 is 9.64 Å². The molecule has 1 aliphatic heterocycles. The number of carbonyl (C=O) groups is 2. The molecule has 166 valence electrons. The average molecular weight is 423 g/mol. The van der Waals surface area contributed by atoms with Crippen LogP contribution in [0.5, 0.6) is 0 Å². The van der Waals surface area contributed by atoms with Gasteiger partial charge in [0.15, 0.2) is 0 Å². The minimum atomic E-state index is -0.278. The summed E-state index contributed by atoms with van der Waals surface area (Å²) < 4.78 is 5.78. The molecule has 3 atom stereocenters. The van der Waals surface area contributed by atoms with Crippen LogP contribution in [-0.4, -0.2) is 42.5 Å². The molecule has 3 rings (SSSR count). The van der Waals surface area contributed by atoms with Gasteiger partial charge in [0.2, 0.25) is 5.91 Å². The van der Waals surface area contributed by atoms with Gasteiger partial charge in [-0.15, -0.1) is 0 Å². The Labute approximate surface area is 186 Å². The number of esters is 1. The zero-order valence-electron chi connectivity index (χ0n) is 18.9. The predicted octanol–water partition coefficient (Wildman–Crippen LogP) is 4.83. The van der Waals surface area contributed by atoms with Crippen molar-refractivity contribution in [3.05, 3.63) is 66.2 Å². The smallest absolute Gasteiger partial charge is 0.306 e. The average Bonchev–Trinajstić information content (AvgIpc) is 2.81. The Balaban J connectivity index is 1.71. The van der Waals surface area contributed by atoms with Crippen molar-refractivity contribution in [2.45, 2.75) is 52.2 Å². The summed E-state index contributed by atoms with van der Waals surface area (Å²) in [7, 11) is 0. The fraction of sp³-hybridized carbons (Fsp3) is 0.462. The summed E-state index contributed by atoms with van der Waals surface area (Å²) in [4.78, 5) is 29.2. The molecule has 0 radical (unpaired) electrons. The molecule has 1 saturated heterocycles. The lowest BCUT2D eigenvalue weighted by Gasteiger charge is -2.43. The summed E-state index contributed by atoms with van der Waals surface area (Å²) in [6, 6.07) is 20.1. The second-order valence-electron chi connectivity index (χ2n) is 8.29. The van der Waals surface area contributed by atoms with E-state index in [-0.39, 0.29) is 24.0 Å². The summed E-state index contributed by atoms with van der Waals surface area (Å²) in [6.07, 6.45) is 1.47. The van der Waals surface area contributed by atoms with Gasteiger partial charge in [-0.1, -0.05) is 69.3 Å². The zero-order valence-corrected chi connectivity index (χ0v) is 18.9. The van der Waals surface area contributed by atoms with E-state index in [1.807, 2.05) is 79.4 Å². The van der Waals surface area contributed by atoms with Crippen LogP contribution < -0.4 is 4.90 Å². The number of hydrogen-bond donors (Lipinski definition) is 0. The number of para-hydroxylation sites is 1. The maximum atomic E-state index is 12.8. The quantitative estimate of drug-likeness (QED) is 0.572. The van der Waals surface area contributed by atoms with Crippen LogP contribution in [0.3, 0.4) is 0 Å². The number of amides is 1. The highest BCUT2D eigenvalue weighted by Gasteiger charge is 2.34. The second-order valence-corrected chi connectivity index (χ2v) is 8.29. The first kappa shape index (κ1) is 23.0. The molecule has 0 N–H and O–H groups in total. The molecule has 1 aliphatic rings. The maximum absolute atomic E-state index is 12.8. The lowest BCUT2D eigenvalue weighted by Crippen LogP contribution is -2.53. The van der Waals surface area contributed by atoms with Crippen molar-refractivity contribution in [3.8, 4) is 0 Å². The Bertz CT molecular complexity index is 840. The lowest BCUT2D eigenvalue weighted by atomic mass is 9.91. The fourth-order valence-corrected chi connectivity index (χ4v) is 4.40.